The van der Waals surface area contributed by atoms with E-state index in [0.29, 0.717) is 11.3 Å². The van der Waals surface area contributed by atoms with Crippen LogP contribution in [0.2, 0.25) is 0 Å². The minimum Gasteiger partial charge on any atom is -0.508 e. The third-order valence-corrected chi connectivity index (χ3v) is 3.63. The Kier molecular flexibility index (Phi) is 4.99. The van der Waals surface area contributed by atoms with Crippen LogP contribution in [0, 0.1) is 11.3 Å². The molecular weight excluding hydrogens is 312 g/mol. The number of methoxy groups -OCH3 is 1. The lowest BCUT2D eigenvalue weighted by Crippen LogP contribution is -2.25. The minimum atomic E-state index is -0.807. The number of nitrogens with zero attached hydrogens (tertiary/aromatic N) is 1. The number of aromatic hydroxyl groups is 1. The first-order chi connectivity index (χ1) is 11.4. The van der Waals surface area contributed by atoms with Crippen molar-refractivity contribution in [2.24, 2.45) is 5.73 Å². The summed E-state index contributed by atoms with van der Waals surface area (Å²) in [6.45, 7) is 3.44. The largest absolute Gasteiger partial charge is 0.508 e. The minimum absolute atomic E-state index is 0.00324. The molecule has 0 aliphatic carbocycles. The molecule has 0 aromatic heterocycles. The van der Waals surface area contributed by atoms with Crippen LogP contribution >= 0.6 is 0 Å². The van der Waals surface area contributed by atoms with Gasteiger partial charge in [-0.3, -0.25) is 0 Å². The summed E-state index contributed by atoms with van der Waals surface area (Å²) >= 11 is 0. The van der Waals surface area contributed by atoms with Crippen LogP contribution in [0.4, 0.5) is 0 Å². The lowest BCUT2D eigenvalue weighted by Gasteiger charge is -2.27. The molecule has 0 amide bonds. The number of esters is 1. The molecule has 1 aliphatic rings. The molecule has 1 aromatic rings. The number of phenolic OH excluding ortho intramolecular Hbond substituents is 1. The highest BCUT2D eigenvalue weighted by Gasteiger charge is 2.37. The van der Waals surface area contributed by atoms with Gasteiger partial charge in [-0.25, -0.2) is 4.79 Å². The number of benzene rings is 1. The number of ether oxygens (including phenoxy) is 3. The van der Waals surface area contributed by atoms with Gasteiger partial charge in [0.25, 0.3) is 0 Å². The second-order valence-electron chi connectivity index (χ2n) is 5.04. The van der Waals surface area contributed by atoms with E-state index in [1.807, 2.05) is 6.07 Å². The van der Waals surface area contributed by atoms with Crippen LogP contribution in [0.5, 0.6) is 11.5 Å². The number of rotatable bonds is 4. The molecule has 1 heterocycles. The van der Waals surface area contributed by atoms with E-state index in [1.54, 1.807) is 19.9 Å². The van der Waals surface area contributed by atoms with E-state index in [9.17, 15) is 15.2 Å². The summed E-state index contributed by atoms with van der Waals surface area (Å²) in [6, 6.07) is 6.39. The van der Waals surface area contributed by atoms with Crippen LogP contribution in [0.15, 0.2) is 41.0 Å². The molecule has 2 rings (SSSR count). The van der Waals surface area contributed by atoms with Crippen molar-refractivity contribution in [3.8, 4) is 17.6 Å². The maximum absolute atomic E-state index is 12.4. The lowest BCUT2D eigenvalue weighted by molar-refractivity contribution is -0.139. The highest BCUT2D eigenvalue weighted by Crippen LogP contribution is 2.43. The zero-order valence-corrected chi connectivity index (χ0v) is 13.6. The molecule has 7 nitrogen and oxygen atoms in total. The standard InChI is InChI=1S/C17H18N2O5/c1-4-23-17(21)14-9(2)24-16(19)12(8-18)15(14)11-6-5-10(20)7-13(11)22-3/h5-7,15,20H,4,19H2,1-3H3. The van der Waals surface area contributed by atoms with Gasteiger partial charge in [-0.15, -0.1) is 0 Å². The number of allylic oxidation sites excluding steroid dienone is 2. The number of nitriles is 1. The summed E-state index contributed by atoms with van der Waals surface area (Å²) in [5.74, 6) is -0.921. The summed E-state index contributed by atoms with van der Waals surface area (Å²) in [4.78, 5) is 12.4. The predicted molar refractivity (Wildman–Crippen MR) is 84.6 cm³/mol. The highest BCUT2D eigenvalue weighted by atomic mass is 16.5. The van der Waals surface area contributed by atoms with Crippen molar-refractivity contribution >= 4 is 5.97 Å². The maximum Gasteiger partial charge on any atom is 0.338 e. The number of carbonyl (C=O) groups excluding carboxylic acids is 1. The van der Waals surface area contributed by atoms with Crippen LogP contribution in [0.25, 0.3) is 0 Å². The third kappa shape index (κ3) is 2.99. The van der Waals surface area contributed by atoms with Gasteiger partial charge in [-0.05, 0) is 19.9 Å². The lowest BCUT2D eigenvalue weighted by atomic mass is 9.82. The van der Waals surface area contributed by atoms with Gasteiger partial charge in [-0.2, -0.15) is 5.26 Å². The Balaban J connectivity index is 2.69. The third-order valence-electron chi connectivity index (χ3n) is 3.63. The van der Waals surface area contributed by atoms with E-state index in [0.717, 1.165) is 0 Å². The highest BCUT2D eigenvalue weighted by molar-refractivity contribution is 5.92. The molecule has 0 fully saturated rings. The molecule has 0 saturated heterocycles. The Morgan fingerprint density at radius 1 is 1.50 bits per heavy atom. The van der Waals surface area contributed by atoms with Gasteiger partial charge in [0, 0.05) is 11.6 Å². The molecule has 3 N–H and O–H groups in total. The Morgan fingerprint density at radius 2 is 2.21 bits per heavy atom. The van der Waals surface area contributed by atoms with Crippen LogP contribution < -0.4 is 10.5 Å². The fraction of sp³-hybridized carbons (Fsp3) is 0.294. The molecular formula is C17H18N2O5. The van der Waals surface area contributed by atoms with Crippen molar-refractivity contribution < 1.29 is 24.1 Å². The van der Waals surface area contributed by atoms with E-state index >= 15 is 0 Å². The van der Waals surface area contributed by atoms with Gasteiger partial charge in [0.2, 0.25) is 5.88 Å². The number of carbonyl (C=O) groups is 1. The summed E-state index contributed by atoms with van der Waals surface area (Å²) < 4.78 is 15.7. The average molecular weight is 330 g/mol. The van der Waals surface area contributed by atoms with E-state index in [1.165, 1.54) is 19.2 Å². The van der Waals surface area contributed by atoms with Crippen molar-refractivity contribution in [3.05, 3.63) is 46.6 Å². The number of nitrogens with two attached hydrogens (primary N) is 1. The Morgan fingerprint density at radius 3 is 2.79 bits per heavy atom. The molecule has 0 spiro atoms. The summed E-state index contributed by atoms with van der Waals surface area (Å²) in [7, 11) is 1.43. The zero-order valence-electron chi connectivity index (χ0n) is 13.6. The van der Waals surface area contributed by atoms with Gasteiger partial charge in [0.15, 0.2) is 0 Å². The number of phenols is 1. The van der Waals surface area contributed by atoms with E-state index < -0.39 is 11.9 Å². The predicted octanol–water partition coefficient (Wildman–Crippen LogP) is 2.05. The van der Waals surface area contributed by atoms with Gasteiger partial charge in [0.05, 0.1) is 25.2 Å². The first kappa shape index (κ1) is 17.2. The SMILES string of the molecule is CCOC(=O)C1=C(C)OC(N)=C(C#N)C1c1ccc(O)cc1OC. The van der Waals surface area contributed by atoms with E-state index in [4.69, 9.17) is 19.9 Å². The van der Waals surface area contributed by atoms with E-state index in [2.05, 4.69) is 0 Å². The average Bonchev–Trinajstić information content (AvgIpc) is 2.54. The molecule has 0 saturated carbocycles. The second kappa shape index (κ2) is 6.96. The fourth-order valence-electron chi connectivity index (χ4n) is 2.60. The Hall–Kier alpha value is -3.14. The van der Waals surface area contributed by atoms with Gasteiger partial charge in [0.1, 0.15) is 28.9 Å². The second-order valence-corrected chi connectivity index (χ2v) is 5.04. The van der Waals surface area contributed by atoms with Crippen molar-refractivity contribution in [1.29, 1.82) is 5.26 Å². The number of hydrogen-bond acceptors (Lipinski definition) is 7. The van der Waals surface area contributed by atoms with Gasteiger partial charge in [-0.1, -0.05) is 6.07 Å². The molecule has 1 atom stereocenters. The Bertz CT molecular complexity index is 774. The Labute approximate surface area is 139 Å². The van der Waals surface area contributed by atoms with Crippen molar-refractivity contribution in [2.75, 3.05) is 13.7 Å². The molecule has 126 valence electrons. The van der Waals surface area contributed by atoms with Gasteiger partial charge >= 0.3 is 5.97 Å². The van der Waals surface area contributed by atoms with Crippen molar-refractivity contribution in [2.45, 2.75) is 19.8 Å². The van der Waals surface area contributed by atoms with E-state index in [-0.39, 0.29) is 35.1 Å². The molecule has 1 unspecified atom stereocenters. The fourth-order valence-corrected chi connectivity index (χ4v) is 2.60. The smallest absolute Gasteiger partial charge is 0.338 e. The molecule has 24 heavy (non-hydrogen) atoms. The summed E-state index contributed by atoms with van der Waals surface area (Å²) in [6.07, 6.45) is 0. The van der Waals surface area contributed by atoms with Gasteiger partial charge < -0.3 is 25.1 Å². The molecule has 0 bridgehead atoms. The zero-order chi connectivity index (χ0) is 17.9. The molecule has 1 aromatic carbocycles. The summed E-state index contributed by atoms with van der Waals surface area (Å²) in [5.41, 5.74) is 6.57. The topological polar surface area (TPSA) is 115 Å². The first-order valence-corrected chi connectivity index (χ1v) is 7.26. The molecule has 0 radical (unpaired) electrons. The van der Waals surface area contributed by atoms with Crippen LogP contribution in [0.1, 0.15) is 25.3 Å². The maximum atomic E-state index is 12.4. The normalized spacial score (nSPS) is 17.2. The molecule has 7 heteroatoms. The summed E-state index contributed by atoms with van der Waals surface area (Å²) in [5, 5.41) is 19.1. The van der Waals surface area contributed by atoms with Crippen LogP contribution in [-0.2, 0) is 14.3 Å². The quantitative estimate of drug-likeness (QED) is 0.812. The first-order valence-electron chi connectivity index (χ1n) is 7.26. The number of hydrogen-bond donors (Lipinski definition) is 2. The van der Waals surface area contributed by atoms with Crippen LogP contribution in [0.3, 0.4) is 0 Å². The van der Waals surface area contributed by atoms with Crippen molar-refractivity contribution in [3.63, 3.8) is 0 Å². The van der Waals surface area contributed by atoms with Crippen LogP contribution in [-0.4, -0.2) is 24.8 Å². The van der Waals surface area contributed by atoms with Crippen molar-refractivity contribution in [1.82, 2.24) is 0 Å². The molecule has 1 aliphatic heterocycles. The monoisotopic (exact) mass is 330 g/mol.